The Kier molecular flexibility index (Phi) is 6.60. The normalized spacial score (nSPS) is 21.9. The van der Waals surface area contributed by atoms with E-state index >= 15 is 0 Å². The van der Waals surface area contributed by atoms with Crippen LogP contribution in [0, 0.1) is 0 Å². The zero-order valence-corrected chi connectivity index (χ0v) is 23.2. The van der Waals surface area contributed by atoms with E-state index in [0.29, 0.717) is 29.3 Å². The van der Waals surface area contributed by atoms with Gasteiger partial charge in [0.1, 0.15) is 11.4 Å². The van der Waals surface area contributed by atoms with Crippen molar-refractivity contribution in [1.82, 2.24) is 19.8 Å². The van der Waals surface area contributed by atoms with E-state index in [-0.39, 0.29) is 35.4 Å². The summed E-state index contributed by atoms with van der Waals surface area (Å²) in [7, 11) is 2.10. The van der Waals surface area contributed by atoms with Crippen molar-refractivity contribution in [3.63, 3.8) is 0 Å². The Hall–Kier alpha value is -4.01. The quantitative estimate of drug-likeness (QED) is 0.317. The number of amides is 1. The average molecular weight is 550 g/mol. The molecule has 1 saturated carbocycles. The molecule has 8 nitrogen and oxygen atoms in total. The molecule has 1 saturated heterocycles. The molecular weight excluding hydrogens is 514 g/mol. The van der Waals surface area contributed by atoms with Gasteiger partial charge in [-0.15, -0.1) is 0 Å². The monoisotopic (exact) mass is 549 g/mol. The van der Waals surface area contributed by atoms with E-state index in [4.69, 9.17) is 4.98 Å². The van der Waals surface area contributed by atoms with Crippen LogP contribution in [0.5, 0.6) is 0 Å². The number of hydrogen-bond donors (Lipinski definition) is 3. The Morgan fingerprint density at radius 3 is 2.68 bits per heavy atom. The summed E-state index contributed by atoms with van der Waals surface area (Å²) in [6.07, 6.45) is 3.59. The molecule has 4 unspecified atom stereocenters. The first-order chi connectivity index (χ1) is 20.0. The second-order valence-electron chi connectivity index (χ2n) is 11.6. The van der Waals surface area contributed by atoms with Gasteiger partial charge in [0, 0.05) is 30.7 Å². The number of aromatic nitrogens is 2. The minimum absolute atomic E-state index is 0.110. The van der Waals surface area contributed by atoms with Gasteiger partial charge in [-0.1, -0.05) is 55.0 Å². The number of nitrogens with one attached hydrogen (secondary N) is 2. The first-order valence-electron chi connectivity index (χ1n) is 14.7. The maximum Gasteiger partial charge on any atom is 0.257 e. The first kappa shape index (κ1) is 25.9. The van der Waals surface area contributed by atoms with Crippen LogP contribution >= 0.6 is 0 Å². The number of aliphatic hydroxyl groups excluding tert-OH is 1. The molecule has 4 aromatic rings. The molecule has 8 heteroatoms. The van der Waals surface area contributed by atoms with Crippen molar-refractivity contribution >= 4 is 22.8 Å². The zero-order chi connectivity index (χ0) is 28.1. The number of piperidine rings is 1. The standard InChI is InChI=1S/C33H35N5O3/c1-37-16-8-7-11-21(37)18-35-33(41)29-30-25-17-24(25)22-12-5-6-13-26(22)38(30)32-23(31(29)40)14-15-28(36-32)34-19-27(39)20-9-3-2-4-10-20/h2-6,9-10,12-15,21,24-25,27,39H,7-8,11,16-19H2,1H3,(H,34,36)(H,35,41). The van der Waals surface area contributed by atoms with Crippen LogP contribution in [0.2, 0.25) is 0 Å². The number of carbonyl (C=O) groups excluding carboxylic acids is 1. The van der Waals surface area contributed by atoms with E-state index in [0.717, 1.165) is 42.8 Å². The number of anilines is 1. The van der Waals surface area contributed by atoms with Crippen molar-refractivity contribution in [3.8, 4) is 5.69 Å². The molecule has 2 aliphatic heterocycles. The van der Waals surface area contributed by atoms with Crippen LogP contribution in [0.25, 0.3) is 16.7 Å². The fourth-order valence-electron chi connectivity index (χ4n) is 6.73. The second kappa shape index (κ2) is 10.4. The van der Waals surface area contributed by atoms with E-state index in [2.05, 4.69) is 34.7 Å². The van der Waals surface area contributed by atoms with Gasteiger partial charge in [-0.2, -0.15) is 0 Å². The molecule has 3 aliphatic rings. The Morgan fingerprint density at radius 1 is 1.05 bits per heavy atom. The topological polar surface area (TPSA) is 99.5 Å². The van der Waals surface area contributed by atoms with E-state index in [1.165, 1.54) is 12.0 Å². The van der Waals surface area contributed by atoms with Crippen molar-refractivity contribution < 1.29 is 9.90 Å². The third-order valence-electron chi connectivity index (χ3n) is 9.08. The minimum Gasteiger partial charge on any atom is -0.387 e. The largest absolute Gasteiger partial charge is 0.387 e. The number of pyridine rings is 2. The lowest BCUT2D eigenvalue weighted by molar-refractivity contribution is 0.0926. The number of nitrogens with zero attached hydrogens (tertiary/aromatic N) is 3. The maximum atomic E-state index is 14.0. The summed E-state index contributed by atoms with van der Waals surface area (Å²) in [6.45, 7) is 1.83. The van der Waals surface area contributed by atoms with Crippen LogP contribution in [0.15, 0.2) is 71.5 Å². The Balaban J connectivity index is 1.28. The molecule has 2 aromatic carbocycles. The van der Waals surface area contributed by atoms with Gasteiger partial charge in [0.25, 0.3) is 5.91 Å². The Bertz CT molecular complexity index is 1680. The SMILES string of the molecule is CN1CCCCC1CNC(=O)c1c2n(c3nc(NCC(O)c4ccccc4)ccc3c1=O)-c1ccccc1C1CC21. The van der Waals surface area contributed by atoms with E-state index in [9.17, 15) is 14.7 Å². The number of likely N-dealkylation sites (N-methyl/N-ethyl adjacent to an activating group) is 1. The molecule has 41 heavy (non-hydrogen) atoms. The third kappa shape index (κ3) is 4.61. The van der Waals surface area contributed by atoms with Crippen molar-refractivity contribution in [2.75, 3.05) is 32.0 Å². The molecule has 1 aliphatic carbocycles. The van der Waals surface area contributed by atoms with Crippen molar-refractivity contribution in [3.05, 3.63) is 99.3 Å². The van der Waals surface area contributed by atoms with Gasteiger partial charge >= 0.3 is 0 Å². The Labute approximate surface area is 239 Å². The van der Waals surface area contributed by atoms with Crippen LogP contribution in [0.4, 0.5) is 5.82 Å². The molecule has 2 aromatic heterocycles. The van der Waals surface area contributed by atoms with Crippen LogP contribution in [-0.4, -0.2) is 58.2 Å². The van der Waals surface area contributed by atoms with Crippen LogP contribution in [0.1, 0.15) is 70.8 Å². The van der Waals surface area contributed by atoms with Gasteiger partial charge in [-0.25, -0.2) is 4.98 Å². The zero-order valence-electron chi connectivity index (χ0n) is 23.2. The average Bonchev–Trinajstić information content (AvgIpc) is 3.81. The van der Waals surface area contributed by atoms with E-state index < -0.39 is 6.10 Å². The van der Waals surface area contributed by atoms with E-state index in [1.54, 1.807) is 12.1 Å². The molecule has 0 radical (unpaired) electrons. The highest BCUT2D eigenvalue weighted by Crippen LogP contribution is 2.60. The molecule has 1 amide bonds. The third-order valence-corrected chi connectivity index (χ3v) is 9.08. The molecule has 7 rings (SSSR count). The molecular formula is C33H35N5O3. The smallest absolute Gasteiger partial charge is 0.257 e. The summed E-state index contributed by atoms with van der Waals surface area (Å²) in [4.78, 5) is 35.0. The number of rotatable bonds is 7. The highest BCUT2D eigenvalue weighted by Gasteiger charge is 2.49. The van der Waals surface area contributed by atoms with E-state index in [1.807, 2.05) is 47.0 Å². The molecule has 210 valence electrons. The second-order valence-corrected chi connectivity index (χ2v) is 11.6. The lowest BCUT2D eigenvalue weighted by atomic mass is 9.95. The summed E-state index contributed by atoms with van der Waals surface area (Å²) in [6, 6.07) is 21.5. The highest BCUT2D eigenvalue weighted by molar-refractivity contribution is 5.99. The molecule has 3 N–H and O–H groups in total. The van der Waals surface area contributed by atoms with Crippen molar-refractivity contribution in [2.45, 2.75) is 49.7 Å². The lowest BCUT2D eigenvalue weighted by Crippen LogP contribution is -2.45. The number of aliphatic hydroxyl groups is 1. The van der Waals surface area contributed by atoms with Crippen molar-refractivity contribution in [1.29, 1.82) is 0 Å². The number of para-hydroxylation sites is 1. The fraction of sp³-hybridized carbons (Fsp3) is 0.364. The maximum absolute atomic E-state index is 14.0. The van der Waals surface area contributed by atoms with Crippen LogP contribution in [0.3, 0.4) is 0 Å². The molecule has 2 fully saturated rings. The van der Waals surface area contributed by atoms with Gasteiger partial charge in [0.05, 0.1) is 17.2 Å². The molecule has 4 atom stereocenters. The molecule has 0 spiro atoms. The van der Waals surface area contributed by atoms with Crippen LogP contribution < -0.4 is 16.1 Å². The molecule has 0 bridgehead atoms. The lowest BCUT2D eigenvalue weighted by Gasteiger charge is -2.32. The predicted molar refractivity (Wildman–Crippen MR) is 160 cm³/mol. The molecule has 4 heterocycles. The number of carbonyl (C=O) groups is 1. The fourth-order valence-corrected chi connectivity index (χ4v) is 6.73. The minimum atomic E-state index is -0.701. The van der Waals surface area contributed by atoms with Crippen LogP contribution in [-0.2, 0) is 0 Å². The van der Waals surface area contributed by atoms with Gasteiger partial charge in [-0.05, 0) is 68.1 Å². The van der Waals surface area contributed by atoms with Gasteiger partial charge < -0.3 is 20.6 Å². The van der Waals surface area contributed by atoms with Gasteiger partial charge in [0.2, 0.25) is 5.43 Å². The summed E-state index contributed by atoms with van der Waals surface area (Å²) in [5, 5.41) is 17.4. The summed E-state index contributed by atoms with van der Waals surface area (Å²) in [5.41, 5.74) is 4.30. The van der Waals surface area contributed by atoms with Gasteiger partial charge in [0.15, 0.2) is 5.65 Å². The number of benzene rings is 2. The summed E-state index contributed by atoms with van der Waals surface area (Å²) >= 11 is 0. The van der Waals surface area contributed by atoms with Gasteiger partial charge in [-0.3, -0.25) is 14.2 Å². The Morgan fingerprint density at radius 2 is 1.85 bits per heavy atom. The highest BCUT2D eigenvalue weighted by atomic mass is 16.3. The first-order valence-corrected chi connectivity index (χ1v) is 14.7. The number of likely N-dealkylation sites (tertiary alicyclic amines) is 1. The predicted octanol–water partition coefficient (Wildman–Crippen LogP) is 4.33. The van der Waals surface area contributed by atoms with Crippen molar-refractivity contribution in [2.24, 2.45) is 0 Å². The number of fused-ring (bicyclic) bond motifs is 8. The number of hydrogen-bond acceptors (Lipinski definition) is 6. The summed E-state index contributed by atoms with van der Waals surface area (Å²) < 4.78 is 2.04. The summed E-state index contributed by atoms with van der Waals surface area (Å²) in [5.74, 6) is 0.687.